The first-order chi connectivity index (χ1) is 39.1. The fraction of sp³-hybridized carbons (Fsp3) is 0.457. The second-order valence-electron chi connectivity index (χ2n) is 29.4. The maximum Gasteiger partial charge on any atom is 0.148 e. The standard InChI is InChI=1S/C13H16O.C12H17N3O.5C11H16.CH4/c1-5-10-14-12-8-6-11(7-9-12)13(2,3)4;1-12(2,3)10-4-6-11(7-5-10)16-9-8-14-15-13;5*1-9-5-7-10(8-6-9)11(2,3)4;/h1,6-9H,10H2,2-4H3;4-7H,8-9H2,1-3H3;5*5-8H,1-4H3;1H4. The molecule has 5 nitrogen and oxygen atoms in total. The summed E-state index contributed by atoms with van der Waals surface area (Å²) in [6, 6.07) is 59.8. The highest BCUT2D eigenvalue weighted by molar-refractivity contribution is 5.34. The fourth-order valence-electron chi connectivity index (χ4n) is 7.74. The molecule has 0 fully saturated rings. The third-order valence-electron chi connectivity index (χ3n) is 13.9. The van der Waals surface area contributed by atoms with Crippen molar-refractivity contribution in [2.45, 2.75) is 225 Å². The first kappa shape index (κ1) is 79.0. The van der Waals surface area contributed by atoms with Gasteiger partial charge in [-0.05, 0) is 141 Å². The van der Waals surface area contributed by atoms with Crippen LogP contribution >= 0.6 is 0 Å². The summed E-state index contributed by atoms with van der Waals surface area (Å²) in [5.41, 5.74) is 26.1. The molecule has 468 valence electrons. The summed E-state index contributed by atoms with van der Waals surface area (Å²) in [5.74, 6) is 4.08. The topological polar surface area (TPSA) is 67.2 Å². The van der Waals surface area contributed by atoms with Crippen LogP contribution < -0.4 is 9.47 Å². The van der Waals surface area contributed by atoms with Crippen molar-refractivity contribution in [1.29, 1.82) is 0 Å². The number of rotatable bonds is 6. The van der Waals surface area contributed by atoms with Gasteiger partial charge in [0.1, 0.15) is 18.1 Å². The monoisotopic (exact) mass is 1160 g/mol. The van der Waals surface area contributed by atoms with Crippen molar-refractivity contribution in [3.8, 4) is 23.8 Å². The molecule has 86 heavy (non-hydrogen) atoms. The Hall–Kier alpha value is -6.99. The van der Waals surface area contributed by atoms with Gasteiger partial charge in [-0.25, -0.2) is 0 Å². The Balaban J connectivity index is 0.000000983. The number of hydrogen-bond acceptors (Lipinski definition) is 3. The van der Waals surface area contributed by atoms with E-state index < -0.39 is 0 Å². The van der Waals surface area contributed by atoms with E-state index in [2.05, 4.69) is 342 Å². The Morgan fingerprint density at radius 2 is 0.500 bits per heavy atom. The molecule has 7 rings (SSSR count). The Labute approximate surface area is 527 Å². The molecule has 0 spiro atoms. The van der Waals surface area contributed by atoms with Crippen molar-refractivity contribution in [3.05, 3.63) is 247 Å². The maximum absolute atomic E-state index is 8.09. The maximum atomic E-state index is 8.09. The van der Waals surface area contributed by atoms with E-state index in [0.29, 0.717) is 19.8 Å². The van der Waals surface area contributed by atoms with Crippen molar-refractivity contribution in [2.75, 3.05) is 19.8 Å². The predicted octanol–water partition coefficient (Wildman–Crippen LogP) is 23.8. The van der Waals surface area contributed by atoms with Gasteiger partial charge in [0.25, 0.3) is 0 Å². The normalized spacial score (nSPS) is 11.2. The van der Waals surface area contributed by atoms with Gasteiger partial charge in [-0.15, -0.1) is 6.42 Å². The first-order valence-electron chi connectivity index (χ1n) is 30.3. The molecule has 0 N–H and O–H groups in total. The summed E-state index contributed by atoms with van der Waals surface area (Å²) in [5, 5.41) is 3.40. The zero-order valence-electron chi connectivity index (χ0n) is 58.0. The van der Waals surface area contributed by atoms with Crippen LogP contribution in [0.15, 0.2) is 175 Å². The molecule has 0 amide bonds. The molecule has 0 heterocycles. The molecule has 0 aliphatic rings. The van der Waals surface area contributed by atoms with Crippen LogP contribution in [0.2, 0.25) is 0 Å². The number of aryl methyl sites for hydroxylation is 5. The van der Waals surface area contributed by atoms with Crippen molar-refractivity contribution in [2.24, 2.45) is 5.11 Å². The number of hydrogen-bond donors (Lipinski definition) is 0. The molecule has 0 aliphatic carbocycles. The minimum atomic E-state index is 0. The minimum Gasteiger partial charge on any atom is -0.493 e. The summed E-state index contributed by atoms with van der Waals surface area (Å²) < 4.78 is 10.7. The van der Waals surface area contributed by atoms with E-state index in [1.54, 1.807) is 0 Å². The van der Waals surface area contributed by atoms with Gasteiger partial charge in [-0.1, -0.05) is 337 Å². The quantitative estimate of drug-likeness (QED) is 0.0547. The van der Waals surface area contributed by atoms with Gasteiger partial charge in [-0.3, -0.25) is 0 Å². The number of terminal acetylenes is 1. The number of ether oxygens (including phenoxy) is 2. The van der Waals surface area contributed by atoms with E-state index in [9.17, 15) is 0 Å². The summed E-state index contributed by atoms with van der Waals surface area (Å²) >= 11 is 0. The van der Waals surface area contributed by atoms with Crippen LogP contribution in [0.1, 0.15) is 220 Å². The molecule has 0 radical (unpaired) electrons. The van der Waals surface area contributed by atoms with Crippen LogP contribution in [-0.4, -0.2) is 19.8 Å². The lowest BCUT2D eigenvalue weighted by atomic mass is 9.87. The molecule has 0 aliphatic heterocycles. The number of azide groups is 1. The molecule has 5 heteroatoms. The summed E-state index contributed by atoms with van der Waals surface area (Å²) in [4.78, 5) is 2.66. The minimum absolute atomic E-state index is 0. The predicted molar refractivity (Wildman–Crippen MR) is 380 cm³/mol. The Bertz CT molecular complexity index is 2690. The average molecular weight is 1160 g/mol. The number of nitrogens with zero attached hydrogens (tertiary/aromatic N) is 3. The van der Waals surface area contributed by atoms with Crippen LogP contribution in [0.25, 0.3) is 10.4 Å². The second kappa shape index (κ2) is 36.2. The largest absolute Gasteiger partial charge is 0.493 e. The Morgan fingerprint density at radius 3 is 0.663 bits per heavy atom. The first-order valence-corrected chi connectivity index (χ1v) is 30.3. The molecule has 7 aromatic rings. The molecule has 0 atom stereocenters. The van der Waals surface area contributed by atoms with Gasteiger partial charge in [0.15, 0.2) is 0 Å². The summed E-state index contributed by atoms with van der Waals surface area (Å²) in [7, 11) is 0. The highest BCUT2D eigenvalue weighted by Crippen LogP contribution is 2.28. The second-order valence-corrected chi connectivity index (χ2v) is 29.4. The van der Waals surface area contributed by atoms with Crippen LogP contribution in [0.5, 0.6) is 11.5 Å². The van der Waals surface area contributed by atoms with E-state index in [1.165, 1.54) is 66.8 Å². The Kier molecular flexibility index (Phi) is 33.3. The van der Waals surface area contributed by atoms with Crippen molar-refractivity contribution < 1.29 is 9.47 Å². The van der Waals surface area contributed by atoms with Crippen molar-refractivity contribution in [1.82, 2.24) is 0 Å². The van der Waals surface area contributed by atoms with Crippen LogP contribution in [0.4, 0.5) is 0 Å². The van der Waals surface area contributed by atoms with E-state index in [0.717, 1.165) is 11.5 Å². The highest BCUT2D eigenvalue weighted by Gasteiger charge is 2.17. The molecule has 0 saturated carbocycles. The molecule has 0 aromatic heterocycles. The SMILES string of the molecule is C.C#CCOc1ccc(C(C)(C)C)cc1.CC(C)(C)c1ccc(OCCN=[N+]=[N-])cc1.Cc1ccc(C(C)(C)C)cc1.Cc1ccc(C(C)(C)C)cc1.Cc1ccc(C(C)(C)C)cc1.Cc1ccc(C(C)(C)C)cc1.Cc1ccc(C(C)(C)C)cc1. The lowest BCUT2D eigenvalue weighted by Gasteiger charge is -2.19. The van der Waals surface area contributed by atoms with E-state index in [4.69, 9.17) is 21.4 Å². The molecular formula is C81H117N3O2. The van der Waals surface area contributed by atoms with Gasteiger partial charge in [-0.2, -0.15) is 0 Å². The van der Waals surface area contributed by atoms with E-state index >= 15 is 0 Å². The van der Waals surface area contributed by atoms with Gasteiger partial charge in [0.05, 0.1) is 13.2 Å². The zero-order chi connectivity index (χ0) is 65.0. The Morgan fingerprint density at radius 1 is 0.326 bits per heavy atom. The van der Waals surface area contributed by atoms with E-state index in [-0.39, 0.29) is 45.3 Å². The molecule has 0 unspecified atom stereocenters. The van der Waals surface area contributed by atoms with Gasteiger partial charge < -0.3 is 9.47 Å². The van der Waals surface area contributed by atoms with Gasteiger partial charge in [0.2, 0.25) is 0 Å². The fourth-order valence-corrected chi connectivity index (χ4v) is 7.74. The smallest absolute Gasteiger partial charge is 0.148 e. The van der Waals surface area contributed by atoms with Crippen molar-refractivity contribution >= 4 is 0 Å². The van der Waals surface area contributed by atoms with Crippen molar-refractivity contribution in [3.63, 3.8) is 0 Å². The summed E-state index contributed by atoms with van der Waals surface area (Å²) in [6.45, 7) is 58.3. The van der Waals surface area contributed by atoms with Crippen LogP contribution in [0, 0.1) is 47.0 Å². The molecule has 0 bridgehead atoms. The zero-order valence-corrected chi connectivity index (χ0v) is 58.0. The number of benzene rings is 7. The molecule has 7 aromatic carbocycles. The van der Waals surface area contributed by atoms with Crippen LogP contribution in [-0.2, 0) is 37.9 Å². The summed E-state index contributed by atoms with van der Waals surface area (Å²) in [6.07, 6.45) is 5.10. The molecular weight excluding hydrogens is 1050 g/mol. The average Bonchev–Trinajstić information content (AvgIpc) is 3.63. The van der Waals surface area contributed by atoms with Gasteiger partial charge in [0, 0.05) is 4.91 Å². The van der Waals surface area contributed by atoms with Gasteiger partial charge >= 0.3 is 0 Å². The van der Waals surface area contributed by atoms with E-state index in [1.807, 2.05) is 24.3 Å². The van der Waals surface area contributed by atoms with Crippen LogP contribution in [0.3, 0.4) is 0 Å². The third kappa shape index (κ3) is 33.6. The highest BCUT2D eigenvalue weighted by atomic mass is 16.5. The lowest BCUT2D eigenvalue weighted by Crippen LogP contribution is -2.10. The third-order valence-corrected chi connectivity index (χ3v) is 13.9. The molecule has 0 saturated heterocycles. The lowest BCUT2D eigenvalue weighted by molar-refractivity contribution is 0.328.